The van der Waals surface area contributed by atoms with Crippen molar-refractivity contribution in [3.63, 3.8) is 0 Å². The van der Waals surface area contributed by atoms with Crippen molar-refractivity contribution in [2.24, 2.45) is 5.10 Å². The van der Waals surface area contributed by atoms with Crippen LogP contribution in [0, 0.1) is 17.0 Å². The van der Waals surface area contributed by atoms with Gasteiger partial charge in [0.25, 0.3) is 5.91 Å². The van der Waals surface area contributed by atoms with Crippen LogP contribution in [-0.2, 0) is 4.79 Å². The molecule has 0 bridgehead atoms. The molecule has 0 spiro atoms. The summed E-state index contributed by atoms with van der Waals surface area (Å²) in [4.78, 5) is 22.3. The summed E-state index contributed by atoms with van der Waals surface area (Å²) < 4.78 is 10.3. The van der Waals surface area contributed by atoms with E-state index in [1.54, 1.807) is 39.2 Å². The van der Waals surface area contributed by atoms with Crippen LogP contribution in [0.15, 0.2) is 47.6 Å². The molecule has 0 aromatic heterocycles. The van der Waals surface area contributed by atoms with Crippen molar-refractivity contribution in [3.8, 4) is 11.5 Å². The van der Waals surface area contributed by atoms with Crippen molar-refractivity contribution < 1.29 is 19.2 Å². The quantitative estimate of drug-likeness (QED) is 0.466. The molecule has 0 radical (unpaired) electrons. The fourth-order valence-corrected chi connectivity index (χ4v) is 2.11. The van der Waals surface area contributed by atoms with Crippen LogP contribution in [0.1, 0.15) is 18.1 Å². The first-order valence-corrected chi connectivity index (χ1v) is 7.76. The van der Waals surface area contributed by atoms with E-state index in [9.17, 15) is 14.9 Å². The van der Waals surface area contributed by atoms with Crippen LogP contribution in [0.4, 0.5) is 5.69 Å². The summed E-state index contributed by atoms with van der Waals surface area (Å²) in [6.45, 7) is 3.09. The average Bonchev–Trinajstić information content (AvgIpc) is 2.65. The Bertz CT molecular complexity index is 831. The predicted molar refractivity (Wildman–Crippen MR) is 96.7 cm³/mol. The number of carbonyl (C=O) groups excluding carboxylic acids is 1. The number of nitrogens with zero attached hydrogens (tertiary/aromatic N) is 2. The fraction of sp³-hybridized carbons (Fsp3) is 0.222. The van der Waals surface area contributed by atoms with E-state index in [-0.39, 0.29) is 18.0 Å². The lowest BCUT2D eigenvalue weighted by Gasteiger charge is -2.07. The van der Waals surface area contributed by atoms with Gasteiger partial charge in [-0.2, -0.15) is 5.10 Å². The molecule has 0 aliphatic carbocycles. The highest BCUT2D eigenvalue weighted by molar-refractivity contribution is 5.99. The van der Waals surface area contributed by atoms with Crippen LogP contribution in [-0.4, -0.2) is 30.3 Å². The lowest BCUT2D eigenvalue weighted by molar-refractivity contribution is -0.385. The minimum Gasteiger partial charge on any atom is -0.497 e. The molecule has 1 amide bonds. The molecule has 0 heterocycles. The average molecular weight is 357 g/mol. The maximum atomic E-state index is 11.9. The van der Waals surface area contributed by atoms with E-state index in [0.29, 0.717) is 5.71 Å². The Morgan fingerprint density at radius 1 is 1.23 bits per heavy atom. The molecular formula is C18H19N3O5. The molecule has 0 unspecified atom stereocenters. The van der Waals surface area contributed by atoms with Gasteiger partial charge >= 0.3 is 5.69 Å². The second kappa shape index (κ2) is 8.61. The van der Waals surface area contributed by atoms with Gasteiger partial charge in [-0.15, -0.1) is 0 Å². The Morgan fingerprint density at radius 3 is 2.54 bits per heavy atom. The number of hydrazone groups is 1. The summed E-state index contributed by atoms with van der Waals surface area (Å²) in [5.41, 5.74) is 4.33. The molecule has 1 N–H and O–H groups in total. The minimum atomic E-state index is -0.549. The number of ether oxygens (including phenoxy) is 2. The van der Waals surface area contributed by atoms with Gasteiger partial charge in [0.2, 0.25) is 0 Å². The maximum absolute atomic E-state index is 11.9. The zero-order valence-electron chi connectivity index (χ0n) is 14.7. The fourth-order valence-electron chi connectivity index (χ4n) is 2.11. The highest BCUT2D eigenvalue weighted by Crippen LogP contribution is 2.27. The highest BCUT2D eigenvalue weighted by atomic mass is 16.6. The second-order valence-corrected chi connectivity index (χ2v) is 5.48. The van der Waals surface area contributed by atoms with Crippen LogP contribution in [0.25, 0.3) is 0 Å². The van der Waals surface area contributed by atoms with Crippen molar-refractivity contribution in [1.82, 2.24) is 5.43 Å². The first-order valence-electron chi connectivity index (χ1n) is 7.76. The highest BCUT2D eigenvalue weighted by Gasteiger charge is 2.16. The normalized spacial score (nSPS) is 11.0. The molecule has 2 rings (SSSR count). The van der Waals surface area contributed by atoms with Crippen molar-refractivity contribution in [1.29, 1.82) is 0 Å². The number of amides is 1. The zero-order chi connectivity index (χ0) is 19.1. The van der Waals surface area contributed by atoms with E-state index in [1.165, 1.54) is 12.1 Å². The van der Waals surface area contributed by atoms with Crippen LogP contribution < -0.4 is 14.9 Å². The summed E-state index contributed by atoms with van der Waals surface area (Å²) in [6, 6.07) is 11.7. The molecule has 136 valence electrons. The van der Waals surface area contributed by atoms with Crippen LogP contribution in [0.5, 0.6) is 11.5 Å². The number of nitro groups is 1. The molecule has 0 atom stereocenters. The third-order valence-corrected chi connectivity index (χ3v) is 3.53. The summed E-state index contributed by atoms with van der Waals surface area (Å²) in [6.07, 6.45) is 0. The first kappa shape index (κ1) is 18.9. The van der Waals surface area contributed by atoms with E-state index < -0.39 is 10.8 Å². The first-order chi connectivity index (χ1) is 12.4. The molecule has 0 saturated heterocycles. The Kier molecular flexibility index (Phi) is 6.26. The van der Waals surface area contributed by atoms with Gasteiger partial charge in [0.1, 0.15) is 5.75 Å². The molecule has 0 aliphatic heterocycles. The number of hydrogen-bond donors (Lipinski definition) is 1. The van der Waals surface area contributed by atoms with Gasteiger partial charge in [0, 0.05) is 6.07 Å². The molecule has 0 fully saturated rings. The molecule has 0 aliphatic rings. The van der Waals surface area contributed by atoms with Gasteiger partial charge in [-0.1, -0.05) is 6.07 Å². The van der Waals surface area contributed by atoms with E-state index >= 15 is 0 Å². The summed E-state index contributed by atoms with van der Waals surface area (Å²) >= 11 is 0. The Hall–Kier alpha value is -3.42. The maximum Gasteiger partial charge on any atom is 0.311 e. The lowest BCUT2D eigenvalue weighted by atomic mass is 10.1. The van der Waals surface area contributed by atoms with Gasteiger partial charge in [-0.25, -0.2) is 5.43 Å². The molecule has 2 aromatic rings. The van der Waals surface area contributed by atoms with E-state index in [2.05, 4.69) is 10.5 Å². The van der Waals surface area contributed by atoms with Crippen LogP contribution in [0.3, 0.4) is 0 Å². The predicted octanol–water partition coefficient (Wildman–Crippen LogP) is 2.83. The van der Waals surface area contributed by atoms with Crippen molar-refractivity contribution in [2.75, 3.05) is 13.7 Å². The largest absolute Gasteiger partial charge is 0.497 e. The molecular weight excluding hydrogens is 338 g/mol. The summed E-state index contributed by atoms with van der Waals surface area (Å²) in [7, 11) is 1.58. The molecule has 8 nitrogen and oxygen atoms in total. The number of methoxy groups -OCH3 is 1. The van der Waals surface area contributed by atoms with E-state index in [1.807, 2.05) is 12.1 Å². The van der Waals surface area contributed by atoms with Gasteiger partial charge in [0.05, 0.1) is 17.7 Å². The van der Waals surface area contributed by atoms with Gasteiger partial charge in [-0.3, -0.25) is 14.9 Å². The monoisotopic (exact) mass is 357 g/mol. The second-order valence-electron chi connectivity index (χ2n) is 5.48. The standard InChI is InChI=1S/C18H19N3O5/c1-12-4-9-17(16(10-12)21(23)24)26-11-18(22)20-19-13(2)14-5-7-15(25-3)8-6-14/h4-10H,11H2,1-3H3,(H,20,22). The molecule has 2 aromatic carbocycles. The zero-order valence-corrected chi connectivity index (χ0v) is 14.7. The van der Waals surface area contributed by atoms with Crippen molar-refractivity contribution in [3.05, 3.63) is 63.7 Å². The summed E-state index contributed by atoms with van der Waals surface area (Å²) in [5, 5.41) is 15.0. The number of carbonyl (C=O) groups is 1. The van der Waals surface area contributed by atoms with Crippen LogP contribution >= 0.6 is 0 Å². The molecule has 8 heteroatoms. The molecule has 26 heavy (non-hydrogen) atoms. The van der Waals surface area contributed by atoms with E-state index in [4.69, 9.17) is 9.47 Å². The van der Waals surface area contributed by atoms with E-state index in [0.717, 1.165) is 16.9 Å². The number of nitrogens with one attached hydrogen (secondary N) is 1. The Balaban J connectivity index is 1.95. The topological polar surface area (TPSA) is 103 Å². The van der Waals surface area contributed by atoms with Crippen molar-refractivity contribution >= 4 is 17.3 Å². The number of benzene rings is 2. The van der Waals surface area contributed by atoms with Gasteiger partial charge in [-0.05, 0) is 55.3 Å². The van der Waals surface area contributed by atoms with Crippen LogP contribution in [0.2, 0.25) is 0 Å². The third-order valence-electron chi connectivity index (χ3n) is 3.53. The third kappa shape index (κ3) is 5.04. The molecule has 0 saturated carbocycles. The number of rotatable bonds is 7. The summed E-state index contributed by atoms with van der Waals surface area (Å²) in [5.74, 6) is 0.234. The number of hydrogen-bond acceptors (Lipinski definition) is 6. The van der Waals surface area contributed by atoms with Gasteiger partial charge in [0.15, 0.2) is 12.4 Å². The number of aryl methyl sites for hydroxylation is 1. The Morgan fingerprint density at radius 2 is 1.92 bits per heavy atom. The minimum absolute atomic E-state index is 0.0339. The van der Waals surface area contributed by atoms with Crippen molar-refractivity contribution in [2.45, 2.75) is 13.8 Å². The SMILES string of the molecule is COc1ccc(C(C)=NNC(=O)COc2ccc(C)cc2[N+](=O)[O-])cc1. The smallest absolute Gasteiger partial charge is 0.311 e. The Labute approximate surface area is 150 Å². The lowest BCUT2D eigenvalue weighted by Crippen LogP contribution is -2.25. The number of nitro benzene ring substituents is 1. The van der Waals surface area contributed by atoms with Gasteiger partial charge < -0.3 is 9.47 Å².